The molecular weight excluding hydrogens is 270 g/mol. The van der Waals surface area contributed by atoms with Crippen molar-refractivity contribution in [3.8, 4) is 0 Å². The van der Waals surface area contributed by atoms with Crippen molar-refractivity contribution in [3.63, 3.8) is 0 Å². The summed E-state index contributed by atoms with van der Waals surface area (Å²) in [5.74, 6) is -0.911. The van der Waals surface area contributed by atoms with Crippen molar-refractivity contribution in [2.24, 2.45) is 13.0 Å². The van der Waals surface area contributed by atoms with Crippen LogP contribution in [0.3, 0.4) is 0 Å². The summed E-state index contributed by atoms with van der Waals surface area (Å²) in [5, 5.41) is 7.69. The van der Waals surface area contributed by atoms with Gasteiger partial charge in [-0.25, -0.2) is 4.79 Å². The number of aromatic nitrogens is 2. The number of amides is 1. The maximum absolute atomic E-state index is 12.4. The normalized spacial score (nSPS) is 12.4. The lowest BCUT2D eigenvalue weighted by atomic mass is 10.0. The number of rotatable bonds is 4. The highest BCUT2D eigenvalue weighted by Crippen LogP contribution is 2.17. The van der Waals surface area contributed by atoms with E-state index < -0.39 is 12.0 Å². The number of esters is 1. The Morgan fingerprint density at radius 2 is 1.95 bits per heavy atom. The first-order valence-corrected chi connectivity index (χ1v) is 6.76. The quantitative estimate of drug-likeness (QED) is 0.866. The average Bonchev–Trinajstić information content (AvgIpc) is 2.81. The van der Waals surface area contributed by atoms with Gasteiger partial charge in [-0.15, -0.1) is 0 Å². The fourth-order valence-electron chi connectivity index (χ4n) is 2.22. The summed E-state index contributed by atoms with van der Waals surface area (Å²) in [4.78, 5) is 24.1. The Balaban J connectivity index is 2.32. The largest absolute Gasteiger partial charge is 0.467 e. The Kier molecular flexibility index (Phi) is 4.26. The van der Waals surface area contributed by atoms with E-state index in [1.165, 1.54) is 7.11 Å². The number of para-hydroxylation sites is 1. The maximum Gasteiger partial charge on any atom is 0.328 e. The van der Waals surface area contributed by atoms with Crippen LogP contribution in [0.25, 0.3) is 10.9 Å². The average molecular weight is 289 g/mol. The fourth-order valence-corrected chi connectivity index (χ4v) is 2.22. The van der Waals surface area contributed by atoms with E-state index in [2.05, 4.69) is 10.4 Å². The Morgan fingerprint density at radius 3 is 2.57 bits per heavy atom. The van der Waals surface area contributed by atoms with Crippen LogP contribution in [0.15, 0.2) is 24.3 Å². The molecule has 1 aromatic carbocycles. The predicted octanol–water partition coefficient (Wildman–Crippen LogP) is 1.50. The van der Waals surface area contributed by atoms with Crippen LogP contribution in [0.1, 0.15) is 24.3 Å². The van der Waals surface area contributed by atoms with Gasteiger partial charge in [0.25, 0.3) is 5.91 Å². The van der Waals surface area contributed by atoms with E-state index in [4.69, 9.17) is 4.74 Å². The third kappa shape index (κ3) is 2.89. The molecule has 1 aromatic heterocycles. The number of fused-ring (bicyclic) bond motifs is 1. The molecule has 21 heavy (non-hydrogen) atoms. The molecule has 1 atom stereocenters. The third-order valence-electron chi connectivity index (χ3n) is 3.38. The van der Waals surface area contributed by atoms with E-state index in [1.807, 2.05) is 38.1 Å². The van der Waals surface area contributed by atoms with Crippen molar-refractivity contribution in [1.82, 2.24) is 15.1 Å². The number of hydrogen-bond acceptors (Lipinski definition) is 4. The second-order valence-electron chi connectivity index (χ2n) is 5.21. The van der Waals surface area contributed by atoms with Gasteiger partial charge < -0.3 is 10.1 Å². The van der Waals surface area contributed by atoms with E-state index in [0.717, 1.165) is 10.9 Å². The van der Waals surface area contributed by atoms with Crippen molar-refractivity contribution in [3.05, 3.63) is 30.0 Å². The highest BCUT2D eigenvalue weighted by molar-refractivity contribution is 6.05. The summed E-state index contributed by atoms with van der Waals surface area (Å²) in [5.41, 5.74) is 1.17. The number of benzene rings is 1. The smallest absolute Gasteiger partial charge is 0.328 e. The minimum Gasteiger partial charge on any atom is -0.467 e. The molecule has 1 amide bonds. The predicted molar refractivity (Wildman–Crippen MR) is 78.8 cm³/mol. The minimum atomic E-state index is -0.691. The molecule has 2 aromatic rings. The number of hydrogen-bond donors (Lipinski definition) is 1. The van der Waals surface area contributed by atoms with Gasteiger partial charge in [0.2, 0.25) is 0 Å². The molecule has 6 heteroatoms. The number of ether oxygens (including phenoxy) is 1. The number of carbonyl (C=O) groups excluding carboxylic acids is 2. The van der Waals surface area contributed by atoms with Crippen molar-refractivity contribution >= 4 is 22.8 Å². The molecule has 1 N–H and O–H groups in total. The molecule has 112 valence electrons. The first-order chi connectivity index (χ1) is 9.95. The molecule has 0 fully saturated rings. The van der Waals surface area contributed by atoms with Gasteiger partial charge in [0.15, 0.2) is 5.69 Å². The van der Waals surface area contributed by atoms with Gasteiger partial charge in [-0.05, 0) is 12.0 Å². The van der Waals surface area contributed by atoms with E-state index in [1.54, 1.807) is 11.7 Å². The number of aryl methyl sites for hydroxylation is 1. The zero-order chi connectivity index (χ0) is 15.6. The van der Waals surface area contributed by atoms with Crippen molar-refractivity contribution in [2.45, 2.75) is 19.9 Å². The summed E-state index contributed by atoms with van der Waals surface area (Å²) < 4.78 is 6.37. The summed E-state index contributed by atoms with van der Waals surface area (Å²) in [6.45, 7) is 3.69. The van der Waals surface area contributed by atoms with Gasteiger partial charge in [0, 0.05) is 12.4 Å². The van der Waals surface area contributed by atoms with Gasteiger partial charge in [-0.1, -0.05) is 32.0 Å². The molecule has 0 aliphatic carbocycles. The van der Waals surface area contributed by atoms with E-state index >= 15 is 0 Å². The van der Waals surface area contributed by atoms with Gasteiger partial charge in [-0.2, -0.15) is 5.10 Å². The van der Waals surface area contributed by atoms with E-state index in [9.17, 15) is 9.59 Å². The molecule has 0 bridgehead atoms. The number of methoxy groups -OCH3 is 1. The summed E-state index contributed by atoms with van der Waals surface area (Å²) in [6.07, 6.45) is 0. The highest BCUT2D eigenvalue weighted by Gasteiger charge is 2.27. The molecule has 0 spiro atoms. The Labute approximate surface area is 123 Å². The first-order valence-electron chi connectivity index (χ1n) is 6.76. The maximum atomic E-state index is 12.4. The minimum absolute atomic E-state index is 0.0728. The molecule has 1 unspecified atom stereocenters. The Bertz CT molecular complexity index is 676. The summed E-state index contributed by atoms with van der Waals surface area (Å²) in [7, 11) is 3.08. The van der Waals surface area contributed by atoms with E-state index in [-0.39, 0.29) is 11.8 Å². The van der Waals surface area contributed by atoms with Gasteiger partial charge >= 0.3 is 5.97 Å². The lowest BCUT2D eigenvalue weighted by Crippen LogP contribution is -2.45. The summed E-state index contributed by atoms with van der Waals surface area (Å²) in [6, 6.07) is 6.76. The number of nitrogens with one attached hydrogen (secondary N) is 1. The van der Waals surface area contributed by atoms with Gasteiger partial charge in [0.1, 0.15) is 6.04 Å². The van der Waals surface area contributed by atoms with Crippen LogP contribution in [0, 0.1) is 5.92 Å². The van der Waals surface area contributed by atoms with Crippen LogP contribution >= 0.6 is 0 Å². The second kappa shape index (κ2) is 5.95. The Hall–Kier alpha value is -2.37. The van der Waals surface area contributed by atoms with Crippen LogP contribution in [0.5, 0.6) is 0 Å². The monoisotopic (exact) mass is 289 g/mol. The molecule has 0 saturated heterocycles. The molecule has 0 saturated carbocycles. The topological polar surface area (TPSA) is 73.2 Å². The zero-order valence-electron chi connectivity index (χ0n) is 12.6. The van der Waals surface area contributed by atoms with Gasteiger partial charge in [0.05, 0.1) is 12.6 Å². The molecule has 2 rings (SSSR count). The van der Waals surface area contributed by atoms with Crippen molar-refractivity contribution in [1.29, 1.82) is 0 Å². The molecular formula is C15H19N3O3. The summed E-state index contributed by atoms with van der Waals surface area (Å²) >= 11 is 0. The number of carbonyl (C=O) groups is 2. The SMILES string of the molecule is COC(=O)C(NC(=O)c1nn(C)c2ccccc12)C(C)C. The molecule has 0 aliphatic heterocycles. The van der Waals surface area contributed by atoms with Crippen LogP contribution in [0.4, 0.5) is 0 Å². The van der Waals surface area contributed by atoms with Crippen LogP contribution < -0.4 is 5.32 Å². The highest BCUT2D eigenvalue weighted by atomic mass is 16.5. The second-order valence-corrected chi connectivity index (χ2v) is 5.21. The van der Waals surface area contributed by atoms with Gasteiger partial charge in [-0.3, -0.25) is 9.48 Å². The molecule has 0 radical (unpaired) electrons. The lowest BCUT2D eigenvalue weighted by molar-refractivity contribution is -0.144. The van der Waals surface area contributed by atoms with Crippen LogP contribution in [0.2, 0.25) is 0 Å². The molecule has 6 nitrogen and oxygen atoms in total. The van der Waals surface area contributed by atoms with Crippen LogP contribution in [-0.2, 0) is 16.6 Å². The van der Waals surface area contributed by atoms with E-state index in [0.29, 0.717) is 5.69 Å². The molecule has 1 heterocycles. The van der Waals surface area contributed by atoms with Crippen LogP contribution in [-0.4, -0.2) is 34.8 Å². The zero-order valence-corrected chi connectivity index (χ0v) is 12.6. The fraction of sp³-hybridized carbons (Fsp3) is 0.400. The standard InChI is InChI=1S/C15H19N3O3/c1-9(2)12(15(20)21-4)16-14(19)13-10-7-5-6-8-11(10)18(3)17-13/h5-9,12H,1-4H3,(H,16,19). The van der Waals surface area contributed by atoms with Crippen molar-refractivity contribution < 1.29 is 14.3 Å². The first kappa shape index (κ1) is 15.0. The Morgan fingerprint density at radius 1 is 1.29 bits per heavy atom. The molecule has 0 aliphatic rings. The third-order valence-corrected chi connectivity index (χ3v) is 3.38. The van der Waals surface area contributed by atoms with Crippen molar-refractivity contribution in [2.75, 3.05) is 7.11 Å². The lowest BCUT2D eigenvalue weighted by Gasteiger charge is -2.19. The number of nitrogens with zero attached hydrogens (tertiary/aromatic N) is 2.